The number of rotatable bonds is 16. The summed E-state index contributed by atoms with van der Waals surface area (Å²) in [6, 6.07) is 32.3. The highest BCUT2D eigenvalue weighted by Gasteiger charge is 2.24. The molecule has 0 fully saturated rings. The molecule has 0 bridgehead atoms. The van der Waals surface area contributed by atoms with E-state index in [0.717, 1.165) is 16.9 Å². The fraction of sp³-hybridized carbons (Fsp3) is 0.243. The Morgan fingerprint density at radius 3 is 1.34 bits per heavy atom. The van der Waals surface area contributed by atoms with Gasteiger partial charge in [0.2, 0.25) is 5.91 Å². The van der Waals surface area contributed by atoms with Gasteiger partial charge in [0, 0.05) is 11.4 Å². The fourth-order valence-corrected chi connectivity index (χ4v) is 4.23. The quantitative estimate of drug-likeness (QED) is 0.0722. The van der Waals surface area contributed by atoms with Gasteiger partial charge in [-0.05, 0) is 59.7 Å². The molecule has 4 rings (SSSR count). The van der Waals surface area contributed by atoms with Crippen molar-refractivity contribution in [2.75, 3.05) is 32.0 Å². The Morgan fingerprint density at radius 2 is 0.980 bits per heavy atom. The number of benzene rings is 4. The third-order valence-electron chi connectivity index (χ3n) is 6.96. The Morgan fingerprint density at radius 1 is 0.580 bits per heavy atom. The lowest BCUT2D eigenvalue weighted by Gasteiger charge is -2.17. The van der Waals surface area contributed by atoms with Crippen LogP contribution in [0.3, 0.4) is 0 Å². The van der Waals surface area contributed by atoms with E-state index in [4.69, 9.17) is 24.2 Å². The monoisotopic (exact) mass is 687 g/mol. The standard InChI is InChI=1S/C19H21NO5.C18H20N2O5/c1-23-16-10-8-14(9-11-16)13-25-17(12-18(21)24-2)19(22)20-15-6-4-3-5-7-15;1-24-15-9-7-13(8-10-15)12-25-16(11-17(21)20-23)18(22)19-14-5-3-2-4-6-14/h3-11,17H,12-13H2,1-2H3,(H,20,22);2-10,16,23H,11-12H2,1H3,(H,19,22)(H,20,21)/t17-;16-/m00/s1. The second-order valence-electron chi connectivity index (χ2n) is 10.5. The molecule has 4 N–H and O–H groups in total. The minimum Gasteiger partial charge on any atom is -0.497 e. The summed E-state index contributed by atoms with van der Waals surface area (Å²) >= 11 is 0. The summed E-state index contributed by atoms with van der Waals surface area (Å²) in [5.41, 5.74) is 4.43. The molecular formula is C37H41N3O10. The molecule has 0 unspecified atom stereocenters. The summed E-state index contributed by atoms with van der Waals surface area (Å²) in [6.45, 7) is 0.323. The highest BCUT2D eigenvalue weighted by Crippen LogP contribution is 2.16. The van der Waals surface area contributed by atoms with E-state index < -0.39 is 35.9 Å². The average Bonchev–Trinajstić information content (AvgIpc) is 3.16. The van der Waals surface area contributed by atoms with Crippen molar-refractivity contribution in [1.29, 1.82) is 0 Å². The Kier molecular flexibility index (Phi) is 16.4. The number of carbonyl (C=O) groups is 4. The molecule has 50 heavy (non-hydrogen) atoms. The zero-order valence-electron chi connectivity index (χ0n) is 28.0. The van der Waals surface area contributed by atoms with E-state index in [2.05, 4.69) is 15.4 Å². The van der Waals surface area contributed by atoms with Crippen LogP contribution in [0.5, 0.6) is 11.5 Å². The van der Waals surface area contributed by atoms with Crippen molar-refractivity contribution in [2.24, 2.45) is 0 Å². The number of esters is 1. The van der Waals surface area contributed by atoms with Gasteiger partial charge in [-0.2, -0.15) is 0 Å². The zero-order valence-corrected chi connectivity index (χ0v) is 28.0. The van der Waals surface area contributed by atoms with Crippen molar-refractivity contribution >= 4 is 35.1 Å². The third kappa shape index (κ3) is 13.8. The number of carbonyl (C=O) groups excluding carboxylic acids is 4. The van der Waals surface area contributed by atoms with Crippen molar-refractivity contribution in [3.63, 3.8) is 0 Å². The van der Waals surface area contributed by atoms with Crippen LogP contribution in [0.4, 0.5) is 11.4 Å². The lowest BCUT2D eigenvalue weighted by atomic mass is 10.2. The average molecular weight is 688 g/mol. The van der Waals surface area contributed by atoms with Crippen LogP contribution in [0, 0.1) is 0 Å². The normalized spacial score (nSPS) is 11.4. The lowest BCUT2D eigenvalue weighted by Crippen LogP contribution is -2.35. The maximum Gasteiger partial charge on any atom is 0.308 e. The molecule has 3 amide bonds. The van der Waals surface area contributed by atoms with Gasteiger partial charge in [-0.1, -0.05) is 60.7 Å². The van der Waals surface area contributed by atoms with Crippen LogP contribution >= 0.6 is 0 Å². The molecule has 13 heteroatoms. The number of hydroxylamine groups is 1. The van der Waals surface area contributed by atoms with Gasteiger partial charge in [0.05, 0.1) is 47.4 Å². The van der Waals surface area contributed by atoms with Gasteiger partial charge >= 0.3 is 5.97 Å². The second kappa shape index (κ2) is 21.3. The van der Waals surface area contributed by atoms with Gasteiger partial charge in [-0.25, -0.2) is 5.48 Å². The van der Waals surface area contributed by atoms with Crippen LogP contribution in [-0.2, 0) is 46.6 Å². The number of amides is 3. The zero-order chi connectivity index (χ0) is 36.1. The molecular weight excluding hydrogens is 646 g/mol. The number of anilines is 2. The summed E-state index contributed by atoms with van der Waals surface area (Å²) in [5.74, 6) is -0.641. The Labute approximate surface area is 290 Å². The number of para-hydroxylation sites is 2. The molecule has 264 valence electrons. The SMILES string of the molecule is COC(=O)C[C@H](OCc1ccc(OC)cc1)C(=O)Nc1ccccc1.COc1ccc(CO[C@@H](CC(=O)NO)C(=O)Nc2ccccc2)cc1. The van der Waals surface area contributed by atoms with E-state index >= 15 is 0 Å². The molecule has 0 aromatic heterocycles. The number of ether oxygens (including phenoxy) is 5. The molecule has 4 aromatic carbocycles. The maximum absolute atomic E-state index is 12.4. The van der Waals surface area contributed by atoms with Crippen molar-refractivity contribution in [1.82, 2.24) is 5.48 Å². The molecule has 0 heterocycles. The molecule has 0 radical (unpaired) electrons. The van der Waals surface area contributed by atoms with Crippen molar-refractivity contribution in [3.8, 4) is 11.5 Å². The van der Waals surface area contributed by atoms with Crippen molar-refractivity contribution in [3.05, 3.63) is 120 Å². The van der Waals surface area contributed by atoms with E-state index in [1.807, 2.05) is 36.4 Å². The molecule has 0 aliphatic heterocycles. The first-order valence-electron chi connectivity index (χ1n) is 15.4. The van der Waals surface area contributed by atoms with E-state index in [1.54, 1.807) is 87.0 Å². The molecule has 0 aliphatic rings. The Bertz CT molecular complexity index is 1500. The molecule has 0 spiro atoms. The van der Waals surface area contributed by atoms with E-state index in [-0.39, 0.29) is 26.1 Å². The van der Waals surface area contributed by atoms with Crippen LogP contribution in [0.15, 0.2) is 109 Å². The number of hydrogen-bond acceptors (Lipinski definition) is 10. The summed E-state index contributed by atoms with van der Waals surface area (Å²) in [7, 11) is 4.44. The minimum atomic E-state index is -1.05. The van der Waals surface area contributed by atoms with Crippen LogP contribution in [0.2, 0.25) is 0 Å². The topological polar surface area (TPSA) is 171 Å². The van der Waals surface area contributed by atoms with Gasteiger partial charge < -0.3 is 34.3 Å². The summed E-state index contributed by atoms with van der Waals surface area (Å²) in [4.78, 5) is 47.8. The van der Waals surface area contributed by atoms with Gasteiger partial charge in [-0.15, -0.1) is 0 Å². The molecule has 0 saturated carbocycles. The molecule has 0 saturated heterocycles. The first-order chi connectivity index (χ1) is 24.2. The molecule has 0 aliphatic carbocycles. The van der Waals surface area contributed by atoms with Gasteiger partial charge in [0.1, 0.15) is 23.7 Å². The number of nitrogens with one attached hydrogen (secondary N) is 3. The van der Waals surface area contributed by atoms with E-state index in [1.165, 1.54) is 12.6 Å². The lowest BCUT2D eigenvalue weighted by molar-refractivity contribution is -0.148. The largest absolute Gasteiger partial charge is 0.497 e. The van der Waals surface area contributed by atoms with Crippen LogP contribution in [0.25, 0.3) is 0 Å². The van der Waals surface area contributed by atoms with Gasteiger partial charge in [-0.3, -0.25) is 24.4 Å². The van der Waals surface area contributed by atoms with Crippen molar-refractivity contribution < 1.29 is 48.1 Å². The Hall–Kier alpha value is -5.76. The van der Waals surface area contributed by atoms with Crippen LogP contribution in [-0.4, -0.2) is 62.4 Å². The van der Waals surface area contributed by atoms with Crippen LogP contribution in [0.1, 0.15) is 24.0 Å². The van der Waals surface area contributed by atoms with Crippen molar-refractivity contribution in [2.45, 2.75) is 38.3 Å². The van der Waals surface area contributed by atoms with Gasteiger partial charge in [0.15, 0.2) is 0 Å². The summed E-state index contributed by atoms with van der Waals surface area (Å²) in [6.07, 6.45) is -2.46. The first kappa shape index (κ1) is 38.7. The molecule has 4 aromatic rings. The summed E-state index contributed by atoms with van der Waals surface area (Å²) < 4.78 is 26.1. The number of hydrogen-bond donors (Lipinski definition) is 4. The highest BCUT2D eigenvalue weighted by atomic mass is 16.5. The predicted octanol–water partition coefficient (Wildman–Crippen LogP) is 4.90. The van der Waals surface area contributed by atoms with Gasteiger partial charge in [0.25, 0.3) is 11.8 Å². The molecule has 2 atom stereocenters. The number of methoxy groups -OCH3 is 3. The predicted molar refractivity (Wildman–Crippen MR) is 184 cm³/mol. The first-order valence-corrected chi connectivity index (χ1v) is 15.4. The fourth-order valence-electron chi connectivity index (χ4n) is 4.23. The second-order valence-corrected chi connectivity index (χ2v) is 10.5. The molecule has 13 nitrogen and oxygen atoms in total. The Balaban J connectivity index is 0.000000270. The van der Waals surface area contributed by atoms with E-state index in [0.29, 0.717) is 17.1 Å². The highest BCUT2D eigenvalue weighted by molar-refractivity contribution is 5.97. The van der Waals surface area contributed by atoms with Crippen LogP contribution < -0.4 is 25.6 Å². The third-order valence-corrected chi connectivity index (χ3v) is 6.96. The summed E-state index contributed by atoms with van der Waals surface area (Å²) in [5, 5.41) is 14.1. The van der Waals surface area contributed by atoms with E-state index in [9.17, 15) is 19.2 Å². The maximum atomic E-state index is 12.4. The minimum absolute atomic E-state index is 0.135. The smallest absolute Gasteiger partial charge is 0.308 e.